The maximum absolute atomic E-state index is 10.2. The molecule has 0 aliphatic carbocycles. The molecule has 2 nitrogen and oxygen atoms in total. The summed E-state index contributed by atoms with van der Waals surface area (Å²) < 4.78 is 5.90. The molecule has 0 spiro atoms. The fourth-order valence-electron chi connectivity index (χ4n) is 2.02. The summed E-state index contributed by atoms with van der Waals surface area (Å²) in [5.74, 6) is 0. The monoisotopic (exact) mass is 210 g/mol. The second-order valence-electron chi connectivity index (χ2n) is 4.43. The summed E-state index contributed by atoms with van der Waals surface area (Å²) in [4.78, 5) is 0. The van der Waals surface area contributed by atoms with Crippen LogP contribution in [0.25, 0.3) is 0 Å². The van der Waals surface area contributed by atoms with Gasteiger partial charge in [-0.25, -0.2) is 0 Å². The lowest BCUT2D eigenvalue weighted by Gasteiger charge is -2.36. The topological polar surface area (TPSA) is 29.5 Å². The van der Waals surface area contributed by atoms with Crippen molar-refractivity contribution in [1.29, 1.82) is 0 Å². The molecule has 0 aromatic carbocycles. The quantitative estimate of drug-likeness (QED) is 0.726. The zero-order chi connectivity index (χ0) is 11.5. The lowest BCUT2D eigenvalue weighted by atomic mass is 9.91. The van der Waals surface area contributed by atoms with Gasteiger partial charge in [0.2, 0.25) is 0 Å². The van der Waals surface area contributed by atoms with E-state index in [2.05, 4.69) is 19.9 Å². The van der Waals surface area contributed by atoms with Crippen molar-refractivity contribution in [2.75, 3.05) is 0 Å². The first kappa shape index (κ1) is 12.5. The van der Waals surface area contributed by atoms with E-state index < -0.39 is 5.60 Å². The molecule has 86 valence electrons. The van der Waals surface area contributed by atoms with Crippen LogP contribution in [0.15, 0.2) is 23.8 Å². The smallest absolute Gasteiger partial charge is 0.106 e. The van der Waals surface area contributed by atoms with Crippen LogP contribution >= 0.6 is 0 Å². The van der Waals surface area contributed by atoms with E-state index in [1.54, 1.807) is 13.0 Å². The predicted octanol–water partition coefficient (Wildman–Crippen LogP) is 2.83. The summed E-state index contributed by atoms with van der Waals surface area (Å²) in [6.07, 6.45) is 7.65. The maximum atomic E-state index is 10.2. The predicted molar refractivity (Wildman–Crippen MR) is 62.8 cm³/mol. The highest BCUT2D eigenvalue weighted by molar-refractivity contribution is 5.13. The van der Waals surface area contributed by atoms with Crippen molar-refractivity contribution in [1.82, 2.24) is 0 Å². The van der Waals surface area contributed by atoms with Gasteiger partial charge in [0, 0.05) is 0 Å². The van der Waals surface area contributed by atoms with Gasteiger partial charge in [-0.2, -0.15) is 0 Å². The minimum absolute atomic E-state index is 0.123. The van der Waals surface area contributed by atoms with Crippen LogP contribution < -0.4 is 0 Å². The molecule has 0 aromatic heterocycles. The fourth-order valence-corrected chi connectivity index (χ4v) is 2.02. The Hall–Kier alpha value is -0.600. The van der Waals surface area contributed by atoms with Gasteiger partial charge in [0.1, 0.15) is 5.60 Å². The molecule has 0 unspecified atom stereocenters. The normalized spacial score (nSPS) is 31.4. The van der Waals surface area contributed by atoms with Gasteiger partial charge in [0.25, 0.3) is 0 Å². The Labute approximate surface area is 92.6 Å². The van der Waals surface area contributed by atoms with Crippen LogP contribution in [0.5, 0.6) is 0 Å². The summed E-state index contributed by atoms with van der Waals surface area (Å²) in [7, 11) is 0. The summed E-state index contributed by atoms with van der Waals surface area (Å²) in [5.41, 5.74) is 0.421. The molecular weight excluding hydrogens is 188 g/mol. The number of hydrogen-bond donors (Lipinski definition) is 1. The molecule has 0 saturated heterocycles. The lowest BCUT2D eigenvalue weighted by molar-refractivity contribution is -0.0993. The average Bonchev–Trinajstić information content (AvgIpc) is 2.18. The molecule has 0 fully saturated rings. The Balaban J connectivity index is 2.75. The third-order valence-corrected chi connectivity index (χ3v) is 3.02. The first-order chi connectivity index (χ1) is 7.01. The summed E-state index contributed by atoms with van der Waals surface area (Å²) >= 11 is 0. The molecule has 3 atom stereocenters. The molecule has 0 saturated carbocycles. The molecule has 0 aromatic rings. The highest BCUT2D eigenvalue weighted by atomic mass is 16.5. The number of hydrogen-bond acceptors (Lipinski definition) is 2. The maximum Gasteiger partial charge on any atom is 0.106 e. The van der Waals surface area contributed by atoms with Crippen LogP contribution in [0.4, 0.5) is 0 Å². The Morgan fingerprint density at radius 2 is 2.33 bits per heavy atom. The van der Waals surface area contributed by atoms with Gasteiger partial charge in [-0.3, -0.25) is 0 Å². The highest BCUT2D eigenvalue weighted by Crippen LogP contribution is 2.28. The molecule has 2 heteroatoms. The first-order valence-corrected chi connectivity index (χ1v) is 5.69. The fraction of sp³-hybridized carbons (Fsp3) is 0.692. The van der Waals surface area contributed by atoms with Gasteiger partial charge in [0.15, 0.2) is 0 Å². The number of rotatable bonds is 3. The standard InChI is InChI=1S/C13H22O2/c1-5-9-13(4,14)12-8-7-10(3)11(6-2)15-12/h5,7,9,11-12,14H,6,8H2,1-4H3/b9-5-/t11-,12-,13-/m1/s1. The van der Waals surface area contributed by atoms with Crippen molar-refractivity contribution in [2.24, 2.45) is 0 Å². The second kappa shape index (κ2) is 4.95. The Bertz CT molecular complexity index is 264. The van der Waals surface area contributed by atoms with Gasteiger partial charge >= 0.3 is 0 Å². The van der Waals surface area contributed by atoms with Crippen molar-refractivity contribution in [3.05, 3.63) is 23.8 Å². The molecular formula is C13H22O2. The van der Waals surface area contributed by atoms with Crippen LogP contribution in [0, 0.1) is 0 Å². The van der Waals surface area contributed by atoms with Gasteiger partial charge in [0.05, 0.1) is 12.2 Å². The molecule has 0 bridgehead atoms. The van der Waals surface area contributed by atoms with E-state index in [0.717, 1.165) is 12.8 Å². The zero-order valence-electron chi connectivity index (χ0n) is 10.2. The Morgan fingerprint density at radius 1 is 1.67 bits per heavy atom. The lowest BCUT2D eigenvalue weighted by Crippen LogP contribution is -2.43. The minimum atomic E-state index is -0.862. The number of allylic oxidation sites excluding steroid dienone is 1. The van der Waals surface area contributed by atoms with Crippen molar-refractivity contribution in [2.45, 2.75) is 58.3 Å². The van der Waals surface area contributed by atoms with Gasteiger partial charge in [-0.1, -0.05) is 25.2 Å². The van der Waals surface area contributed by atoms with E-state index >= 15 is 0 Å². The van der Waals surface area contributed by atoms with E-state index in [9.17, 15) is 5.11 Å². The largest absolute Gasteiger partial charge is 0.383 e. The number of ether oxygens (including phenoxy) is 1. The summed E-state index contributed by atoms with van der Waals surface area (Å²) in [6, 6.07) is 0. The van der Waals surface area contributed by atoms with Crippen LogP contribution in [0.2, 0.25) is 0 Å². The molecule has 1 heterocycles. The van der Waals surface area contributed by atoms with Gasteiger partial charge in [-0.15, -0.1) is 0 Å². The molecule has 15 heavy (non-hydrogen) atoms. The van der Waals surface area contributed by atoms with Crippen molar-refractivity contribution in [3.8, 4) is 0 Å². The highest BCUT2D eigenvalue weighted by Gasteiger charge is 2.33. The molecule has 1 rings (SSSR count). The van der Waals surface area contributed by atoms with Crippen molar-refractivity contribution < 1.29 is 9.84 Å². The third kappa shape index (κ3) is 2.93. The van der Waals surface area contributed by atoms with E-state index in [1.165, 1.54) is 5.57 Å². The number of aliphatic hydroxyl groups is 1. The van der Waals surface area contributed by atoms with Gasteiger partial charge < -0.3 is 9.84 Å². The average molecular weight is 210 g/mol. The van der Waals surface area contributed by atoms with E-state index in [-0.39, 0.29) is 12.2 Å². The molecule has 0 radical (unpaired) electrons. The van der Waals surface area contributed by atoms with Gasteiger partial charge in [-0.05, 0) is 39.2 Å². The van der Waals surface area contributed by atoms with Crippen molar-refractivity contribution >= 4 is 0 Å². The summed E-state index contributed by atoms with van der Waals surface area (Å²) in [6.45, 7) is 7.91. The SMILES string of the molecule is C/C=C\[C@@](C)(O)[C@H]1CC=C(C)[C@@H](CC)O1. The van der Waals surface area contributed by atoms with Crippen LogP contribution in [0.1, 0.15) is 40.5 Å². The second-order valence-corrected chi connectivity index (χ2v) is 4.43. The first-order valence-electron chi connectivity index (χ1n) is 5.69. The molecule has 1 N–H and O–H groups in total. The molecule has 1 aliphatic rings. The Kier molecular flexibility index (Phi) is 4.12. The summed E-state index contributed by atoms with van der Waals surface area (Å²) in [5, 5.41) is 10.2. The molecule has 1 aliphatic heterocycles. The minimum Gasteiger partial charge on any atom is -0.383 e. The van der Waals surface area contributed by atoms with E-state index in [1.807, 2.05) is 13.0 Å². The van der Waals surface area contributed by atoms with Crippen LogP contribution in [-0.4, -0.2) is 22.9 Å². The Morgan fingerprint density at radius 3 is 2.87 bits per heavy atom. The van der Waals surface area contributed by atoms with Crippen molar-refractivity contribution in [3.63, 3.8) is 0 Å². The zero-order valence-corrected chi connectivity index (χ0v) is 10.2. The molecule has 0 amide bonds. The van der Waals surface area contributed by atoms with Crippen LogP contribution in [-0.2, 0) is 4.74 Å². The van der Waals surface area contributed by atoms with E-state index in [4.69, 9.17) is 4.74 Å². The van der Waals surface area contributed by atoms with E-state index in [0.29, 0.717) is 0 Å². The van der Waals surface area contributed by atoms with Crippen LogP contribution in [0.3, 0.4) is 0 Å². The third-order valence-electron chi connectivity index (χ3n) is 3.02.